The Hall–Kier alpha value is -1.56. The second kappa shape index (κ2) is 6.75. The average Bonchev–Trinajstić information content (AvgIpc) is 2.87. The van der Waals surface area contributed by atoms with E-state index < -0.39 is 43.6 Å². The number of hydrogen-bond donors (Lipinski definition) is 2. The van der Waals surface area contributed by atoms with Gasteiger partial charge in [0.25, 0.3) is 0 Å². The number of primary sulfonamides is 1. The molecule has 134 valence electrons. The number of nitrogens with zero attached hydrogens (tertiary/aromatic N) is 1. The van der Waals surface area contributed by atoms with Crippen molar-refractivity contribution in [2.45, 2.75) is 30.7 Å². The van der Waals surface area contributed by atoms with Gasteiger partial charge in [0.15, 0.2) is 0 Å². The third kappa shape index (κ3) is 4.29. The third-order valence-electron chi connectivity index (χ3n) is 3.60. The molecule has 8 nitrogen and oxygen atoms in total. The molecule has 1 aromatic rings. The topological polar surface area (TPSA) is 127 Å². The lowest BCUT2D eigenvalue weighted by Crippen LogP contribution is -2.41. The molecule has 0 spiro atoms. The van der Waals surface area contributed by atoms with Gasteiger partial charge in [0.1, 0.15) is 5.82 Å². The molecule has 1 saturated heterocycles. The molecule has 1 aliphatic rings. The van der Waals surface area contributed by atoms with E-state index in [0.29, 0.717) is 12.8 Å². The molecule has 11 heteroatoms. The number of carbonyl (C=O) groups is 1. The number of benzene rings is 1. The quantitative estimate of drug-likeness (QED) is 0.757. The van der Waals surface area contributed by atoms with E-state index in [4.69, 9.17) is 5.14 Å². The molecule has 0 saturated carbocycles. The number of sulfonamides is 2. The first-order valence-electron chi connectivity index (χ1n) is 7.10. The van der Waals surface area contributed by atoms with Crippen LogP contribution in [0.25, 0.3) is 0 Å². The SMILES string of the molecule is CC(=O)Nc1cc(S(=O)(=O)N2CCCC2CS(N)(=O)=O)ccc1F. The third-order valence-corrected chi connectivity index (χ3v) is 6.40. The molecule has 0 radical (unpaired) electrons. The maximum absolute atomic E-state index is 13.7. The summed E-state index contributed by atoms with van der Waals surface area (Å²) in [6.07, 6.45) is 0.870. The van der Waals surface area contributed by atoms with Crippen LogP contribution in [0.4, 0.5) is 10.1 Å². The van der Waals surface area contributed by atoms with Gasteiger partial charge in [-0.3, -0.25) is 4.79 Å². The van der Waals surface area contributed by atoms with Gasteiger partial charge in [-0.15, -0.1) is 0 Å². The normalized spacial score (nSPS) is 19.4. The molecule has 1 aliphatic heterocycles. The van der Waals surface area contributed by atoms with Crippen LogP contribution in [0.2, 0.25) is 0 Å². The van der Waals surface area contributed by atoms with Crippen molar-refractivity contribution in [3.8, 4) is 0 Å². The largest absolute Gasteiger partial charge is 0.324 e. The Morgan fingerprint density at radius 3 is 2.62 bits per heavy atom. The number of hydrogen-bond acceptors (Lipinski definition) is 5. The smallest absolute Gasteiger partial charge is 0.243 e. The minimum atomic E-state index is -4.04. The summed E-state index contributed by atoms with van der Waals surface area (Å²) in [6, 6.07) is 2.25. The number of nitrogens with one attached hydrogen (secondary N) is 1. The van der Waals surface area contributed by atoms with E-state index in [9.17, 15) is 26.0 Å². The number of amides is 1. The number of halogens is 1. The molecule has 0 bridgehead atoms. The minimum Gasteiger partial charge on any atom is -0.324 e. The number of rotatable bonds is 5. The molecule has 1 atom stereocenters. The van der Waals surface area contributed by atoms with Gasteiger partial charge >= 0.3 is 0 Å². The monoisotopic (exact) mass is 379 g/mol. The number of carbonyl (C=O) groups excluding carboxylic acids is 1. The highest BCUT2D eigenvalue weighted by Gasteiger charge is 2.37. The van der Waals surface area contributed by atoms with Gasteiger partial charge in [-0.1, -0.05) is 0 Å². The van der Waals surface area contributed by atoms with Crippen LogP contribution in [0.15, 0.2) is 23.1 Å². The van der Waals surface area contributed by atoms with E-state index >= 15 is 0 Å². The fraction of sp³-hybridized carbons (Fsp3) is 0.462. The van der Waals surface area contributed by atoms with E-state index in [-0.39, 0.29) is 17.1 Å². The molecule has 1 amide bonds. The van der Waals surface area contributed by atoms with Crippen molar-refractivity contribution >= 4 is 31.6 Å². The molecule has 0 aliphatic carbocycles. The summed E-state index contributed by atoms with van der Waals surface area (Å²) < 4.78 is 62.8. The van der Waals surface area contributed by atoms with Gasteiger partial charge in [-0.25, -0.2) is 26.4 Å². The van der Waals surface area contributed by atoms with Crippen LogP contribution in [0.5, 0.6) is 0 Å². The first kappa shape index (κ1) is 18.8. The van der Waals surface area contributed by atoms with Crippen molar-refractivity contribution in [1.82, 2.24) is 4.31 Å². The van der Waals surface area contributed by atoms with Crippen LogP contribution >= 0.6 is 0 Å². The summed E-state index contributed by atoms with van der Waals surface area (Å²) >= 11 is 0. The Morgan fingerprint density at radius 2 is 2.04 bits per heavy atom. The highest BCUT2D eigenvalue weighted by Crippen LogP contribution is 2.28. The predicted molar refractivity (Wildman–Crippen MR) is 85.6 cm³/mol. The van der Waals surface area contributed by atoms with E-state index in [1.54, 1.807) is 0 Å². The summed E-state index contributed by atoms with van der Waals surface area (Å²) in [6.45, 7) is 1.32. The molecule has 24 heavy (non-hydrogen) atoms. The van der Waals surface area contributed by atoms with Gasteiger partial charge in [0.2, 0.25) is 26.0 Å². The van der Waals surface area contributed by atoms with Crippen LogP contribution in [0, 0.1) is 5.82 Å². The van der Waals surface area contributed by atoms with Gasteiger partial charge in [0, 0.05) is 19.5 Å². The highest BCUT2D eigenvalue weighted by atomic mass is 32.2. The first-order chi connectivity index (χ1) is 11.0. The van der Waals surface area contributed by atoms with Crippen molar-refractivity contribution in [3.63, 3.8) is 0 Å². The zero-order valence-electron chi connectivity index (χ0n) is 12.9. The number of nitrogens with two attached hydrogens (primary N) is 1. The molecule has 0 aromatic heterocycles. The molecule has 1 fully saturated rings. The van der Waals surface area contributed by atoms with Crippen molar-refractivity contribution in [2.75, 3.05) is 17.6 Å². The summed E-state index contributed by atoms with van der Waals surface area (Å²) in [4.78, 5) is 10.8. The molecular formula is C13H18FN3O5S2. The second-order valence-electron chi connectivity index (χ2n) is 5.56. The van der Waals surface area contributed by atoms with Crippen LogP contribution in [0.1, 0.15) is 19.8 Å². The van der Waals surface area contributed by atoms with Gasteiger partial charge < -0.3 is 5.32 Å². The Bertz CT molecular complexity index is 854. The van der Waals surface area contributed by atoms with Crippen molar-refractivity contribution in [1.29, 1.82) is 0 Å². The lowest BCUT2D eigenvalue weighted by Gasteiger charge is -2.23. The van der Waals surface area contributed by atoms with Crippen LogP contribution in [0.3, 0.4) is 0 Å². The first-order valence-corrected chi connectivity index (χ1v) is 10.3. The van der Waals surface area contributed by atoms with E-state index in [0.717, 1.165) is 22.5 Å². The Kier molecular flexibility index (Phi) is 5.28. The standard InChI is InChI=1S/C13H18FN3O5S2/c1-9(18)16-13-7-11(4-5-12(13)14)24(21,22)17-6-2-3-10(17)8-23(15,19)20/h4-5,7,10H,2-3,6,8H2,1H3,(H,16,18)(H2,15,19,20). The van der Waals surface area contributed by atoms with Crippen molar-refractivity contribution in [3.05, 3.63) is 24.0 Å². The second-order valence-corrected chi connectivity index (χ2v) is 9.11. The zero-order valence-corrected chi connectivity index (χ0v) is 14.5. The van der Waals surface area contributed by atoms with E-state index in [2.05, 4.69) is 5.32 Å². The average molecular weight is 379 g/mol. The van der Waals surface area contributed by atoms with E-state index in [1.807, 2.05) is 0 Å². The van der Waals surface area contributed by atoms with Crippen molar-refractivity contribution in [2.24, 2.45) is 5.14 Å². The van der Waals surface area contributed by atoms with Crippen LogP contribution in [-0.4, -0.2) is 45.4 Å². The minimum absolute atomic E-state index is 0.148. The maximum Gasteiger partial charge on any atom is 0.243 e. The Labute approximate surface area is 139 Å². The lowest BCUT2D eigenvalue weighted by molar-refractivity contribution is -0.114. The van der Waals surface area contributed by atoms with Gasteiger partial charge in [-0.2, -0.15) is 4.31 Å². The Morgan fingerprint density at radius 1 is 1.38 bits per heavy atom. The van der Waals surface area contributed by atoms with Gasteiger partial charge in [0.05, 0.1) is 16.3 Å². The fourth-order valence-corrected chi connectivity index (χ4v) is 5.34. The van der Waals surface area contributed by atoms with Gasteiger partial charge in [-0.05, 0) is 31.0 Å². The zero-order chi connectivity index (χ0) is 18.1. The molecule has 2 rings (SSSR count). The molecule has 1 aromatic carbocycles. The van der Waals surface area contributed by atoms with E-state index in [1.165, 1.54) is 6.92 Å². The molecule has 1 unspecified atom stereocenters. The highest BCUT2D eigenvalue weighted by molar-refractivity contribution is 7.90. The summed E-state index contributed by atoms with van der Waals surface area (Å²) in [5, 5.41) is 7.22. The molecule has 1 heterocycles. The lowest BCUT2D eigenvalue weighted by atomic mass is 10.3. The predicted octanol–water partition coefficient (Wildman–Crippen LogP) is 0.226. The van der Waals surface area contributed by atoms with Crippen LogP contribution < -0.4 is 10.5 Å². The molecule has 3 N–H and O–H groups in total. The molecular weight excluding hydrogens is 361 g/mol. The fourth-order valence-electron chi connectivity index (χ4n) is 2.65. The summed E-state index contributed by atoms with van der Waals surface area (Å²) in [5.74, 6) is -1.80. The Balaban J connectivity index is 2.37. The van der Waals surface area contributed by atoms with Crippen molar-refractivity contribution < 1.29 is 26.0 Å². The van der Waals surface area contributed by atoms with Crippen LogP contribution in [-0.2, 0) is 24.8 Å². The maximum atomic E-state index is 13.7. The number of anilines is 1. The summed E-state index contributed by atoms with van der Waals surface area (Å²) in [7, 11) is -7.88. The summed E-state index contributed by atoms with van der Waals surface area (Å²) in [5.41, 5.74) is -0.259.